The number of ether oxygens (including phenoxy) is 3. The molecule has 0 radical (unpaired) electrons. The number of thiazole rings is 1. The number of fused-ring (bicyclic) bond motifs is 1. The summed E-state index contributed by atoms with van der Waals surface area (Å²) in [5.74, 6) is -2.81. The van der Waals surface area contributed by atoms with Gasteiger partial charge >= 0.3 is 18.0 Å². The van der Waals surface area contributed by atoms with E-state index in [1.807, 2.05) is 0 Å². The molecule has 1 aromatic rings. The average molecular weight is 611 g/mol. The normalized spacial score (nSPS) is 18.9. The lowest BCUT2D eigenvalue weighted by Crippen LogP contribution is -2.71. The number of amides is 3. The van der Waals surface area contributed by atoms with Crippen LogP contribution in [0.4, 0.5) is 9.93 Å². The number of thioether (sulfide) groups is 1. The predicted molar refractivity (Wildman–Crippen MR) is 148 cm³/mol. The maximum atomic E-state index is 13.2. The van der Waals surface area contributed by atoms with Crippen molar-refractivity contribution in [1.82, 2.24) is 20.1 Å². The number of hydrogen-bond donors (Lipinski definition) is 3. The molecule has 41 heavy (non-hydrogen) atoms. The second-order valence-electron chi connectivity index (χ2n) is 9.86. The van der Waals surface area contributed by atoms with Crippen LogP contribution in [-0.2, 0) is 33.4 Å². The van der Waals surface area contributed by atoms with Crippen LogP contribution >= 0.6 is 23.1 Å². The van der Waals surface area contributed by atoms with Crippen LogP contribution in [-0.4, -0.2) is 100 Å². The zero-order valence-corrected chi connectivity index (χ0v) is 24.5. The minimum Gasteiger partial charge on any atom is -0.445 e. The van der Waals surface area contributed by atoms with E-state index in [1.54, 1.807) is 20.8 Å². The molecule has 4 N–H and O–H groups in total. The molecule has 3 amide bonds. The summed E-state index contributed by atoms with van der Waals surface area (Å²) in [4.78, 5) is 69.1. The molecule has 17 heteroatoms. The molecular weight excluding hydrogens is 580 g/mol. The standard InChI is InChI=1S/C24H30N6O9S2/c1-24(2,3)21(34)39-11-38-20(33)16-12(7-6-8-37-23(35)29(4)5)9-40-19-15(18(32)30(16)19)27-17(31)14(28-36)13-10-41-22(25)26-13/h6-7,10,15,19,36H,8-9,11H2,1-5H3,(H2,25,26)(H,27,31)/b7-6-,28-14-/t15?,19-/m0/s1. The maximum absolute atomic E-state index is 13.2. The molecule has 0 saturated carbocycles. The van der Waals surface area contributed by atoms with Crippen LogP contribution in [0.25, 0.3) is 0 Å². The van der Waals surface area contributed by atoms with Gasteiger partial charge in [-0.2, -0.15) is 0 Å². The van der Waals surface area contributed by atoms with Gasteiger partial charge in [-0.05, 0) is 32.4 Å². The van der Waals surface area contributed by atoms with Crippen molar-refractivity contribution in [2.75, 3.05) is 39.0 Å². The molecule has 2 atom stereocenters. The van der Waals surface area contributed by atoms with Crippen molar-refractivity contribution in [3.63, 3.8) is 0 Å². The molecular formula is C24H30N6O9S2. The topological polar surface area (TPSA) is 203 Å². The van der Waals surface area contributed by atoms with Crippen LogP contribution in [0.15, 0.2) is 34.0 Å². The van der Waals surface area contributed by atoms with Crippen molar-refractivity contribution in [2.24, 2.45) is 10.6 Å². The second kappa shape index (κ2) is 13.0. The minimum atomic E-state index is -1.06. The second-order valence-corrected chi connectivity index (χ2v) is 11.9. The van der Waals surface area contributed by atoms with Crippen molar-refractivity contribution in [2.45, 2.75) is 32.2 Å². The van der Waals surface area contributed by atoms with Crippen molar-refractivity contribution in [1.29, 1.82) is 0 Å². The number of nitrogens with zero attached hydrogens (tertiary/aromatic N) is 4. The largest absolute Gasteiger partial charge is 0.445 e. The molecule has 1 fully saturated rings. The number of allylic oxidation sites excluding steroid dienone is 1. The summed E-state index contributed by atoms with van der Waals surface area (Å²) in [5, 5.41) is 15.7. The Morgan fingerprint density at radius 3 is 2.56 bits per heavy atom. The number of esters is 2. The number of nitrogens with two attached hydrogens (primary N) is 1. The smallest absolute Gasteiger partial charge is 0.409 e. The van der Waals surface area contributed by atoms with Gasteiger partial charge < -0.3 is 35.4 Å². The third-order valence-electron chi connectivity index (χ3n) is 5.54. The molecule has 15 nitrogen and oxygen atoms in total. The number of aromatic nitrogens is 1. The highest BCUT2D eigenvalue weighted by Crippen LogP contribution is 2.41. The van der Waals surface area contributed by atoms with Crippen LogP contribution in [0.3, 0.4) is 0 Å². The molecule has 3 rings (SSSR count). The average Bonchev–Trinajstić information content (AvgIpc) is 3.34. The monoisotopic (exact) mass is 610 g/mol. The summed E-state index contributed by atoms with van der Waals surface area (Å²) in [5.41, 5.74) is 4.63. The number of hydrogen-bond acceptors (Lipinski definition) is 14. The Labute approximate surface area is 243 Å². The first-order chi connectivity index (χ1) is 19.3. The minimum absolute atomic E-state index is 0.0313. The highest BCUT2D eigenvalue weighted by atomic mass is 32.2. The van der Waals surface area contributed by atoms with E-state index in [1.165, 1.54) is 48.3 Å². The van der Waals surface area contributed by atoms with Crippen molar-refractivity contribution in [3.05, 3.63) is 34.5 Å². The van der Waals surface area contributed by atoms with Gasteiger partial charge in [0.05, 0.1) is 5.41 Å². The van der Waals surface area contributed by atoms with E-state index >= 15 is 0 Å². The Morgan fingerprint density at radius 2 is 1.98 bits per heavy atom. The first kappa shape index (κ1) is 31.4. The highest BCUT2D eigenvalue weighted by molar-refractivity contribution is 8.00. The Morgan fingerprint density at radius 1 is 1.27 bits per heavy atom. The van der Waals surface area contributed by atoms with Crippen LogP contribution in [0, 0.1) is 5.41 Å². The molecule has 1 saturated heterocycles. The number of nitrogen functional groups attached to an aromatic ring is 1. The number of nitrogens with one attached hydrogen (secondary N) is 1. The Bertz CT molecular complexity index is 1310. The van der Waals surface area contributed by atoms with Gasteiger partial charge in [0.2, 0.25) is 6.79 Å². The summed E-state index contributed by atoms with van der Waals surface area (Å²) in [6.07, 6.45) is 2.45. The lowest BCUT2D eigenvalue weighted by Gasteiger charge is -2.49. The van der Waals surface area contributed by atoms with E-state index in [0.29, 0.717) is 5.57 Å². The Kier molecular flexibility index (Phi) is 9.98. The lowest BCUT2D eigenvalue weighted by molar-refractivity contribution is -0.173. The van der Waals surface area contributed by atoms with Crippen molar-refractivity contribution in [3.8, 4) is 0 Å². The van der Waals surface area contributed by atoms with E-state index in [0.717, 1.165) is 16.2 Å². The summed E-state index contributed by atoms with van der Waals surface area (Å²) in [6.45, 7) is 4.13. The molecule has 3 heterocycles. The van der Waals surface area contributed by atoms with Gasteiger partial charge in [0.25, 0.3) is 11.8 Å². The fourth-order valence-electron chi connectivity index (χ4n) is 3.44. The van der Waals surface area contributed by atoms with Gasteiger partial charge in [-0.25, -0.2) is 14.6 Å². The van der Waals surface area contributed by atoms with E-state index in [4.69, 9.17) is 19.9 Å². The summed E-state index contributed by atoms with van der Waals surface area (Å²) < 4.78 is 15.2. The zero-order chi connectivity index (χ0) is 30.5. The number of rotatable bonds is 9. The number of carbonyl (C=O) groups is 5. The first-order valence-corrected chi connectivity index (χ1v) is 14.0. The van der Waals surface area contributed by atoms with Crippen LogP contribution in [0.2, 0.25) is 0 Å². The molecule has 2 aliphatic rings. The SMILES string of the molecule is CN(C)C(=O)OC/C=C\C1=C(C(=O)OCOC(=O)C(C)(C)C)N2C(=O)C(NC(=O)/C(=N\O)c3csc(N)n3)[C@@H]2SC1. The molecule has 0 aromatic carbocycles. The maximum Gasteiger partial charge on any atom is 0.409 e. The van der Waals surface area contributed by atoms with Gasteiger partial charge in [0, 0.05) is 25.2 Å². The quantitative estimate of drug-likeness (QED) is 0.0891. The van der Waals surface area contributed by atoms with Gasteiger partial charge in [0.15, 0.2) is 10.8 Å². The molecule has 222 valence electrons. The third kappa shape index (κ3) is 7.35. The van der Waals surface area contributed by atoms with E-state index in [-0.39, 0.29) is 28.9 Å². The Balaban J connectivity index is 1.78. The fraction of sp³-hybridized carbons (Fsp3) is 0.458. The van der Waals surface area contributed by atoms with E-state index in [9.17, 15) is 29.2 Å². The zero-order valence-electron chi connectivity index (χ0n) is 22.9. The van der Waals surface area contributed by atoms with Crippen LogP contribution in [0.1, 0.15) is 26.5 Å². The third-order valence-corrected chi connectivity index (χ3v) is 7.51. The van der Waals surface area contributed by atoms with Gasteiger partial charge in [-0.15, -0.1) is 23.1 Å². The highest BCUT2D eigenvalue weighted by Gasteiger charge is 2.54. The summed E-state index contributed by atoms with van der Waals surface area (Å²) >= 11 is 2.29. The fourth-order valence-corrected chi connectivity index (χ4v) is 5.31. The number of carbonyl (C=O) groups excluding carboxylic acids is 5. The predicted octanol–water partition coefficient (Wildman–Crippen LogP) is 0.902. The molecule has 1 aromatic heterocycles. The van der Waals surface area contributed by atoms with Crippen LogP contribution in [0.5, 0.6) is 0 Å². The molecule has 0 bridgehead atoms. The molecule has 0 aliphatic carbocycles. The molecule has 0 spiro atoms. The molecule has 1 unspecified atom stereocenters. The van der Waals surface area contributed by atoms with Crippen molar-refractivity contribution >= 4 is 63.8 Å². The van der Waals surface area contributed by atoms with Gasteiger partial charge in [0.1, 0.15) is 29.4 Å². The number of anilines is 1. The van der Waals surface area contributed by atoms with Gasteiger partial charge in [-0.3, -0.25) is 19.3 Å². The number of oxime groups is 1. The van der Waals surface area contributed by atoms with E-state index in [2.05, 4.69) is 15.5 Å². The van der Waals surface area contributed by atoms with Gasteiger partial charge in [-0.1, -0.05) is 11.2 Å². The number of β-lactam (4-membered cyclic amide) rings is 1. The summed E-state index contributed by atoms with van der Waals surface area (Å²) in [7, 11) is 3.05. The Hall–Kier alpha value is -4.12. The summed E-state index contributed by atoms with van der Waals surface area (Å²) in [6, 6.07) is -1.06. The molecule has 2 aliphatic heterocycles. The lowest BCUT2D eigenvalue weighted by atomic mass is 9.98. The first-order valence-electron chi connectivity index (χ1n) is 12.0. The van der Waals surface area contributed by atoms with E-state index < -0.39 is 59.2 Å². The van der Waals surface area contributed by atoms with Crippen molar-refractivity contribution < 1.29 is 43.4 Å². The van der Waals surface area contributed by atoms with Crippen LogP contribution < -0.4 is 11.1 Å².